The van der Waals surface area contributed by atoms with Crippen LogP contribution in [0.5, 0.6) is 5.88 Å². The number of nitrogens with zero attached hydrogens (tertiary/aromatic N) is 3. The van der Waals surface area contributed by atoms with Crippen LogP contribution in [-0.2, 0) is 11.2 Å². The van der Waals surface area contributed by atoms with E-state index in [0.717, 1.165) is 6.33 Å². The van der Waals surface area contributed by atoms with Gasteiger partial charge in [-0.2, -0.15) is 13.2 Å². The van der Waals surface area contributed by atoms with Gasteiger partial charge in [0.2, 0.25) is 12.0 Å². The first-order valence-corrected chi connectivity index (χ1v) is 10.8. The maximum Gasteiger partial charge on any atom is 0.429 e. The Balaban J connectivity index is 1.62. The number of carboxylic acid groups (broad SMARTS) is 1. The summed E-state index contributed by atoms with van der Waals surface area (Å²) in [5.74, 6) is -1.36. The van der Waals surface area contributed by atoms with Gasteiger partial charge in [0.25, 0.3) is 0 Å². The van der Waals surface area contributed by atoms with Crippen molar-refractivity contribution in [2.75, 3.05) is 0 Å². The summed E-state index contributed by atoms with van der Waals surface area (Å²) in [6, 6.07) is 16.4. The van der Waals surface area contributed by atoms with E-state index in [1.807, 2.05) is 0 Å². The lowest BCUT2D eigenvalue weighted by molar-refractivity contribution is -0.198. The molecule has 2 aromatic heterocycles. The fourth-order valence-electron chi connectivity index (χ4n) is 3.66. The molecule has 3 N–H and O–H groups in total. The molecular formula is C26H21F3N4O3. The summed E-state index contributed by atoms with van der Waals surface area (Å²) in [7, 11) is 0. The Hall–Kier alpha value is -4.31. The van der Waals surface area contributed by atoms with E-state index in [1.165, 1.54) is 30.6 Å². The van der Waals surface area contributed by atoms with Crippen molar-refractivity contribution in [2.24, 2.45) is 5.73 Å². The Kier molecular flexibility index (Phi) is 7.25. The zero-order chi connectivity index (χ0) is 25.7. The number of halogens is 3. The number of aromatic nitrogens is 3. The van der Waals surface area contributed by atoms with Crippen LogP contribution in [-0.4, -0.2) is 38.2 Å². The molecule has 1 unspecified atom stereocenters. The monoisotopic (exact) mass is 494 g/mol. The van der Waals surface area contributed by atoms with E-state index in [2.05, 4.69) is 15.0 Å². The molecule has 0 aliphatic carbocycles. The van der Waals surface area contributed by atoms with E-state index >= 15 is 0 Å². The SMILES string of the molecule is N[C@@H](Cc1ccc(-c2cc(OC(c3ccccc3-c3ccncc3)C(F)(F)F)ncn2)cc1)C(=O)O. The van der Waals surface area contributed by atoms with Gasteiger partial charge in [-0.15, -0.1) is 0 Å². The first-order chi connectivity index (χ1) is 17.2. The summed E-state index contributed by atoms with van der Waals surface area (Å²) in [4.78, 5) is 22.9. The Morgan fingerprint density at radius 2 is 1.67 bits per heavy atom. The molecule has 4 aromatic rings. The number of aliphatic carboxylic acids is 1. The molecule has 2 heterocycles. The predicted octanol–water partition coefficient (Wildman–Crippen LogP) is 4.84. The number of benzene rings is 2. The van der Waals surface area contributed by atoms with Gasteiger partial charge in [-0.3, -0.25) is 9.78 Å². The number of carbonyl (C=O) groups is 1. The molecular weight excluding hydrogens is 473 g/mol. The van der Waals surface area contributed by atoms with E-state index in [1.54, 1.807) is 48.5 Å². The second kappa shape index (κ2) is 10.5. The summed E-state index contributed by atoms with van der Waals surface area (Å²) in [6.07, 6.45) is -2.72. The Morgan fingerprint density at radius 3 is 2.33 bits per heavy atom. The van der Waals surface area contributed by atoms with Crippen LogP contribution in [0.25, 0.3) is 22.4 Å². The highest BCUT2D eigenvalue weighted by Crippen LogP contribution is 2.40. The fourth-order valence-corrected chi connectivity index (χ4v) is 3.66. The minimum absolute atomic E-state index is 0.0597. The molecule has 36 heavy (non-hydrogen) atoms. The molecule has 0 bridgehead atoms. The summed E-state index contributed by atoms with van der Waals surface area (Å²) in [6.45, 7) is 0. The second-order valence-electron chi connectivity index (χ2n) is 7.95. The van der Waals surface area contributed by atoms with Crippen LogP contribution < -0.4 is 10.5 Å². The summed E-state index contributed by atoms with van der Waals surface area (Å²) in [5, 5.41) is 8.96. The normalized spacial score (nSPS) is 13.1. The van der Waals surface area contributed by atoms with Gasteiger partial charge in [0.1, 0.15) is 12.4 Å². The lowest BCUT2D eigenvalue weighted by Crippen LogP contribution is -2.32. The van der Waals surface area contributed by atoms with Crippen LogP contribution in [0.15, 0.2) is 85.5 Å². The molecule has 184 valence electrons. The topological polar surface area (TPSA) is 111 Å². The van der Waals surface area contributed by atoms with Gasteiger partial charge >= 0.3 is 12.1 Å². The van der Waals surface area contributed by atoms with E-state index in [4.69, 9.17) is 15.6 Å². The summed E-state index contributed by atoms with van der Waals surface area (Å²) >= 11 is 0. The lowest BCUT2D eigenvalue weighted by atomic mass is 9.96. The van der Waals surface area contributed by atoms with E-state index < -0.39 is 24.3 Å². The minimum Gasteiger partial charge on any atom is -0.480 e. The van der Waals surface area contributed by atoms with Crippen molar-refractivity contribution in [1.29, 1.82) is 0 Å². The van der Waals surface area contributed by atoms with E-state index in [-0.39, 0.29) is 17.9 Å². The summed E-state index contributed by atoms with van der Waals surface area (Å²) < 4.78 is 48.0. The van der Waals surface area contributed by atoms with Crippen molar-refractivity contribution in [1.82, 2.24) is 15.0 Å². The number of alkyl halides is 3. The van der Waals surface area contributed by atoms with Gasteiger partial charge in [0.15, 0.2) is 0 Å². The third kappa shape index (κ3) is 5.84. The summed E-state index contributed by atoms with van der Waals surface area (Å²) in [5.41, 5.74) is 8.08. The largest absolute Gasteiger partial charge is 0.480 e. The highest BCUT2D eigenvalue weighted by Gasteiger charge is 2.44. The quantitative estimate of drug-likeness (QED) is 0.360. The number of ether oxygens (including phenoxy) is 1. The van der Waals surface area contributed by atoms with Gasteiger partial charge < -0.3 is 15.6 Å². The van der Waals surface area contributed by atoms with Gasteiger partial charge in [0.05, 0.1) is 5.69 Å². The number of pyridine rings is 1. The van der Waals surface area contributed by atoms with Gasteiger partial charge in [-0.1, -0.05) is 48.5 Å². The molecule has 0 spiro atoms. The van der Waals surface area contributed by atoms with E-state index in [0.29, 0.717) is 27.9 Å². The number of carboxylic acids is 1. The molecule has 0 radical (unpaired) electrons. The molecule has 7 nitrogen and oxygen atoms in total. The molecule has 0 aliphatic rings. The van der Waals surface area contributed by atoms with E-state index in [9.17, 15) is 18.0 Å². The third-order valence-corrected chi connectivity index (χ3v) is 5.43. The predicted molar refractivity (Wildman–Crippen MR) is 126 cm³/mol. The zero-order valence-electron chi connectivity index (χ0n) is 18.8. The third-order valence-electron chi connectivity index (χ3n) is 5.43. The lowest BCUT2D eigenvalue weighted by Gasteiger charge is -2.24. The molecule has 0 saturated heterocycles. The first-order valence-electron chi connectivity index (χ1n) is 10.8. The van der Waals surface area contributed by atoms with Gasteiger partial charge in [-0.25, -0.2) is 9.97 Å². The highest BCUT2D eigenvalue weighted by atomic mass is 19.4. The molecule has 0 saturated carbocycles. The Bertz CT molecular complexity index is 1330. The standard InChI is InChI=1S/C26H21F3N4O3/c27-26(28,29)24(20-4-2-1-3-19(20)17-9-11-31-12-10-17)36-23-14-22(32-15-33-23)18-7-5-16(6-8-18)13-21(30)25(34)35/h1-12,14-15,21,24H,13,30H2,(H,34,35)/t21-,24?/m0/s1. The fraction of sp³-hybridized carbons (Fsp3) is 0.154. The Labute approximate surface area is 204 Å². The van der Waals surface area contributed by atoms with Crippen LogP contribution in [0.2, 0.25) is 0 Å². The zero-order valence-corrected chi connectivity index (χ0v) is 18.8. The smallest absolute Gasteiger partial charge is 0.429 e. The maximum absolute atomic E-state index is 14.2. The molecule has 10 heteroatoms. The average molecular weight is 494 g/mol. The van der Waals surface area contributed by atoms with Gasteiger partial charge in [-0.05, 0) is 35.2 Å². The molecule has 4 rings (SSSR count). The van der Waals surface area contributed by atoms with Crippen LogP contribution in [0, 0.1) is 0 Å². The minimum atomic E-state index is -4.72. The number of rotatable bonds is 8. The van der Waals surface area contributed by atoms with Crippen molar-refractivity contribution >= 4 is 5.97 Å². The Morgan fingerprint density at radius 1 is 0.972 bits per heavy atom. The first kappa shape index (κ1) is 24.8. The van der Waals surface area contributed by atoms with Crippen molar-refractivity contribution in [2.45, 2.75) is 24.7 Å². The second-order valence-corrected chi connectivity index (χ2v) is 7.95. The highest BCUT2D eigenvalue weighted by molar-refractivity contribution is 5.73. The average Bonchev–Trinajstić information content (AvgIpc) is 2.88. The molecule has 0 fully saturated rings. The van der Waals surface area contributed by atoms with Crippen molar-refractivity contribution in [3.05, 3.63) is 96.6 Å². The maximum atomic E-state index is 14.2. The van der Waals surface area contributed by atoms with Crippen molar-refractivity contribution in [3.63, 3.8) is 0 Å². The van der Waals surface area contributed by atoms with Crippen molar-refractivity contribution in [3.8, 4) is 28.3 Å². The van der Waals surface area contributed by atoms with Crippen LogP contribution >= 0.6 is 0 Å². The number of hydrogen-bond acceptors (Lipinski definition) is 6. The number of nitrogens with two attached hydrogens (primary N) is 1. The van der Waals surface area contributed by atoms with Gasteiger partial charge in [0, 0.05) is 29.6 Å². The molecule has 0 aliphatic heterocycles. The molecule has 0 amide bonds. The van der Waals surface area contributed by atoms with Crippen molar-refractivity contribution < 1.29 is 27.8 Å². The molecule has 2 aromatic carbocycles. The number of hydrogen-bond donors (Lipinski definition) is 2. The van der Waals surface area contributed by atoms with Crippen LogP contribution in [0.1, 0.15) is 17.2 Å². The van der Waals surface area contributed by atoms with Crippen LogP contribution in [0.3, 0.4) is 0 Å². The molecule has 2 atom stereocenters. The van der Waals surface area contributed by atoms with Crippen LogP contribution in [0.4, 0.5) is 13.2 Å².